The lowest BCUT2D eigenvalue weighted by atomic mass is 10.2. The first kappa shape index (κ1) is 24.6. The number of hydrazone groups is 1. The zero-order valence-corrected chi connectivity index (χ0v) is 19.5. The zero-order valence-electron chi connectivity index (χ0n) is 19.5. The number of primary amides is 1. The molecule has 2 aromatic heterocycles. The number of aromatic nitrogens is 4. The number of carbonyl (C=O) groups excluding carboxylic acids is 1. The molecule has 3 N–H and O–H groups in total. The van der Waals surface area contributed by atoms with Crippen LogP contribution in [0.1, 0.15) is 48.6 Å². The largest absolute Gasteiger partial charge is 0.463 e. The normalized spacial score (nSPS) is 10.9. The van der Waals surface area contributed by atoms with Crippen LogP contribution >= 0.6 is 0 Å². The molecule has 0 spiro atoms. The van der Waals surface area contributed by atoms with Crippen molar-refractivity contribution < 1.29 is 9.53 Å². The van der Waals surface area contributed by atoms with Crippen molar-refractivity contribution in [2.45, 2.75) is 33.1 Å². The summed E-state index contributed by atoms with van der Waals surface area (Å²) in [6.45, 7) is 6.25. The second kappa shape index (κ2) is 12.8. The molecule has 10 heteroatoms. The topological polar surface area (TPSA) is 132 Å². The lowest BCUT2D eigenvalue weighted by Gasteiger charge is -2.21. The van der Waals surface area contributed by atoms with Crippen LogP contribution in [0.3, 0.4) is 0 Å². The second-order valence-electron chi connectivity index (χ2n) is 7.50. The average Bonchev–Trinajstić information content (AvgIpc) is 2.85. The number of nitrogens with two attached hydrogens (primary N) is 1. The van der Waals surface area contributed by atoms with Gasteiger partial charge in [0, 0.05) is 37.0 Å². The van der Waals surface area contributed by atoms with Crippen LogP contribution in [0.4, 0.5) is 11.6 Å². The minimum atomic E-state index is -0.505. The van der Waals surface area contributed by atoms with Crippen LogP contribution in [0.2, 0.25) is 0 Å². The number of hydrogen-bond acceptors (Lipinski definition) is 9. The first-order chi connectivity index (χ1) is 16.6. The number of rotatable bonds is 13. The fourth-order valence-electron chi connectivity index (χ4n) is 3.18. The summed E-state index contributed by atoms with van der Waals surface area (Å²) in [5.41, 5.74) is 10.1. The van der Waals surface area contributed by atoms with Crippen molar-refractivity contribution in [2.75, 3.05) is 30.0 Å². The van der Waals surface area contributed by atoms with Gasteiger partial charge in [0.15, 0.2) is 5.82 Å². The van der Waals surface area contributed by atoms with E-state index in [0.29, 0.717) is 36.1 Å². The van der Waals surface area contributed by atoms with Crippen molar-refractivity contribution in [3.05, 3.63) is 65.7 Å². The molecule has 0 aliphatic rings. The summed E-state index contributed by atoms with van der Waals surface area (Å²) in [5.74, 6) is 0.395. The molecule has 3 rings (SSSR count). The molecule has 178 valence electrons. The van der Waals surface area contributed by atoms with Gasteiger partial charge >= 0.3 is 6.01 Å². The molecule has 0 unspecified atom stereocenters. The number of carbonyl (C=O) groups is 1. The Hall–Kier alpha value is -4.08. The van der Waals surface area contributed by atoms with Gasteiger partial charge in [-0.1, -0.05) is 26.0 Å². The number of anilines is 2. The van der Waals surface area contributed by atoms with Crippen LogP contribution in [0.5, 0.6) is 6.01 Å². The van der Waals surface area contributed by atoms with Gasteiger partial charge in [0.05, 0.1) is 18.5 Å². The van der Waals surface area contributed by atoms with E-state index in [4.69, 9.17) is 10.5 Å². The Labute approximate surface area is 199 Å². The zero-order chi connectivity index (χ0) is 24.2. The van der Waals surface area contributed by atoms with Crippen molar-refractivity contribution >= 4 is 23.8 Å². The molecule has 0 aliphatic carbocycles. The van der Waals surface area contributed by atoms with E-state index in [0.717, 1.165) is 31.6 Å². The smallest absolute Gasteiger partial charge is 0.321 e. The summed E-state index contributed by atoms with van der Waals surface area (Å²) in [6.07, 6.45) is 5.80. The standard InChI is InChI=1S/C24H30N8O2/c1-3-13-32(14-4-2)23-28-21(17-27-31-20-10-7-8-18(16-20)22(25)33)29-24(30-23)34-15-11-19-9-5-6-12-26-19/h5-10,12,16-17,31H,3-4,11,13-15H2,1-2H3,(H2,25,33)/b27-17+. The van der Waals surface area contributed by atoms with E-state index in [2.05, 4.69) is 49.2 Å². The Morgan fingerprint density at radius 3 is 2.65 bits per heavy atom. The fourth-order valence-corrected chi connectivity index (χ4v) is 3.18. The van der Waals surface area contributed by atoms with Crippen molar-refractivity contribution in [1.29, 1.82) is 0 Å². The van der Waals surface area contributed by atoms with Crippen molar-refractivity contribution in [3.8, 4) is 6.01 Å². The molecule has 0 fully saturated rings. The number of amides is 1. The third-order valence-corrected chi connectivity index (χ3v) is 4.73. The fraction of sp³-hybridized carbons (Fsp3) is 0.333. The van der Waals surface area contributed by atoms with Crippen LogP contribution in [0.25, 0.3) is 0 Å². The summed E-state index contributed by atoms with van der Waals surface area (Å²) < 4.78 is 5.84. The molecular weight excluding hydrogens is 432 g/mol. The second-order valence-corrected chi connectivity index (χ2v) is 7.50. The Morgan fingerprint density at radius 1 is 1.12 bits per heavy atom. The minimum absolute atomic E-state index is 0.232. The number of nitrogens with zero attached hydrogens (tertiary/aromatic N) is 6. The quantitative estimate of drug-likeness (QED) is 0.293. The average molecular weight is 463 g/mol. The molecule has 1 aromatic carbocycles. The molecular formula is C24H30N8O2. The van der Waals surface area contributed by atoms with Crippen molar-refractivity contribution in [1.82, 2.24) is 19.9 Å². The summed E-state index contributed by atoms with van der Waals surface area (Å²) >= 11 is 0. The SMILES string of the molecule is CCCN(CCC)c1nc(/C=N/Nc2cccc(C(N)=O)c2)nc(OCCc2ccccn2)n1. The van der Waals surface area contributed by atoms with E-state index in [-0.39, 0.29) is 6.01 Å². The van der Waals surface area contributed by atoms with Crippen LogP contribution in [-0.4, -0.2) is 51.8 Å². The van der Waals surface area contributed by atoms with Crippen molar-refractivity contribution in [2.24, 2.45) is 10.8 Å². The highest BCUT2D eigenvalue weighted by Crippen LogP contribution is 2.14. The van der Waals surface area contributed by atoms with Gasteiger partial charge in [0.25, 0.3) is 0 Å². The predicted molar refractivity (Wildman–Crippen MR) is 132 cm³/mol. The molecule has 0 atom stereocenters. The molecule has 0 aliphatic heterocycles. The lowest BCUT2D eigenvalue weighted by molar-refractivity contribution is 0.100. The van der Waals surface area contributed by atoms with E-state index in [9.17, 15) is 4.79 Å². The van der Waals surface area contributed by atoms with Gasteiger partial charge < -0.3 is 15.4 Å². The number of nitrogens with one attached hydrogen (secondary N) is 1. The van der Waals surface area contributed by atoms with E-state index in [1.807, 2.05) is 18.2 Å². The minimum Gasteiger partial charge on any atom is -0.463 e. The summed E-state index contributed by atoms with van der Waals surface area (Å²) in [6, 6.07) is 12.8. The molecule has 0 saturated carbocycles. The Bertz CT molecular complexity index is 1090. The molecule has 10 nitrogen and oxygen atoms in total. The van der Waals surface area contributed by atoms with Gasteiger partial charge in [-0.05, 0) is 43.2 Å². The first-order valence-electron chi connectivity index (χ1n) is 11.3. The first-order valence-corrected chi connectivity index (χ1v) is 11.3. The third kappa shape index (κ3) is 7.51. The molecule has 2 heterocycles. The van der Waals surface area contributed by atoms with E-state index >= 15 is 0 Å². The Balaban J connectivity index is 1.77. The van der Waals surface area contributed by atoms with E-state index < -0.39 is 5.91 Å². The molecule has 0 bridgehead atoms. The summed E-state index contributed by atoms with van der Waals surface area (Å²) in [7, 11) is 0. The van der Waals surface area contributed by atoms with Crippen molar-refractivity contribution in [3.63, 3.8) is 0 Å². The van der Waals surface area contributed by atoms with E-state index in [1.165, 1.54) is 6.21 Å². The highest BCUT2D eigenvalue weighted by Gasteiger charge is 2.13. The molecule has 3 aromatic rings. The maximum atomic E-state index is 11.4. The number of ether oxygens (including phenoxy) is 1. The number of benzene rings is 1. The Kier molecular flexibility index (Phi) is 9.27. The lowest BCUT2D eigenvalue weighted by Crippen LogP contribution is -2.27. The van der Waals surface area contributed by atoms with Crippen LogP contribution in [-0.2, 0) is 6.42 Å². The van der Waals surface area contributed by atoms with Crippen LogP contribution < -0.4 is 20.8 Å². The predicted octanol–water partition coefficient (Wildman–Crippen LogP) is 3.06. The van der Waals surface area contributed by atoms with E-state index in [1.54, 1.807) is 30.5 Å². The van der Waals surface area contributed by atoms with Gasteiger partial charge in [-0.25, -0.2) is 0 Å². The van der Waals surface area contributed by atoms with Gasteiger partial charge in [-0.3, -0.25) is 15.2 Å². The van der Waals surface area contributed by atoms with Gasteiger partial charge in [0.1, 0.15) is 0 Å². The van der Waals surface area contributed by atoms with Gasteiger partial charge in [-0.2, -0.15) is 20.1 Å². The van der Waals surface area contributed by atoms with Gasteiger partial charge in [-0.15, -0.1) is 0 Å². The molecule has 1 amide bonds. The maximum absolute atomic E-state index is 11.4. The van der Waals surface area contributed by atoms with Crippen LogP contribution in [0.15, 0.2) is 53.8 Å². The maximum Gasteiger partial charge on any atom is 0.321 e. The van der Waals surface area contributed by atoms with Gasteiger partial charge in [0.2, 0.25) is 11.9 Å². The van der Waals surface area contributed by atoms with Crippen LogP contribution in [0, 0.1) is 0 Å². The summed E-state index contributed by atoms with van der Waals surface area (Å²) in [5, 5.41) is 4.21. The monoisotopic (exact) mass is 462 g/mol. The Morgan fingerprint density at radius 2 is 1.94 bits per heavy atom. The molecule has 0 saturated heterocycles. The molecule has 0 radical (unpaired) electrons. The number of hydrogen-bond donors (Lipinski definition) is 2. The highest BCUT2D eigenvalue weighted by atomic mass is 16.5. The number of pyridine rings is 1. The summed E-state index contributed by atoms with van der Waals surface area (Å²) in [4.78, 5) is 31.3. The highest BCUT2D eigenvalue weighted by molar-refractivity contribution is 5.93. The molecule has 34 heavy (non-hydrogen) atoms. The third-order valence-electron chi connectivity index (χ3n) is 4.73.